The Morgan fingerprint density at radius 2 is 1.57 bits per heavy atom. The molecule has 0 amide bonds. The highest BCUT2D eigenvalue weighted by Gasteiger charge is 2.48. The molecular formula is C21H25NO. The molecule has 2 nitrogen and oxygen atoms in total. The van der Waals surface area contributed by atoms with E-state index in [1.165, 1.54) is 24.0 Å². The van der Waals surface area contributed by atoms with Crippen molar-refractivity contribution < 1.29 is 5.11 Å². The molecule has 2 fully saturated rings. The van der Waals surface area contributed by atoms with Gasteiger partial charge in [0.25, 0.3) is 0 Å². The zero-order valence-corrected chi connectivity index (χ0v) is 13.8. The van der Waals surface area contributed by atoms with Crippen LogP contribution in [0.3, 0.4) is 0 Å². The van der Waals surface area contributed by atoms with Crippen molar-refractivity contribution in [3.63, 3.8) is 0 Å². The topological polar surface area (TPSA) is 23.5 Å². The van der Waals surface area contributed by atoms with Crippen LogP contribution in [-0.4, -0.2) is 22.1 Å². The number of fused-ring (bicyclic) bond motifs is 2. The first-order valence-corrected chi connectivity index (χ1v) is 8.74. The number of benzene rings is 2. The summed E-state index contributed by atoms with van der Waals surface area (Å²) in [7, 11) is 0. The third-order valence-electron chi connectivity index (χ3n) is 5.77. The summed E-state index contributed by atoms with van der Waals surface area (Å²) in [5, 5.41) is 11.4. The number of aliphatic hydroxyl groups is 1. The van der Waals surface area contributed by atoms with Crippen LogP contribution >= 0.6 is 0 Å². The number of nitrogens with zero attached hydrogens (tertiary/aromatic N) is 1. The van der Waals surface area contributed by atoms with E-state index in [0.717, 1.165) is 24.9 Å². The van der Waals surface area contributed by atoms with Crippen molar-refractivity contribution in [2.75, 3.05) is 0 Å². The summed E-state index contributed by atoms with van der Waals surface area (Å²) in [6, 6.07) is 20.1. The van der Waals surface area contributed by atoms with Crippen LogP contribution in [0.15, 0.2) is 54.6 Å². The first-order valence-electron chi connectivity index (χ1n) is 8.74. The maximum atomic E-state index is 11.4. The van der Waals surface area contributed by atoms with Crippen LogP contribution in [-0.2, 0) is 12.1 Å². The van der Waals surface area contributed by atoms with Crippen molar-refractivity contribution in [3.8, 4) is 0 Å². The Balaban J connectivity index is 1.57. The lowest BCUT2D eigenvalue weighted by molar-refractivity contribution is -0.0598. The van der Waals surface area contributed by atoms with Crippen LogP contribution in [0.25, 0.3) is 0 Å². The van der Waals surface area contributed by atoms with E-state index in [1.54, 1.807) is 0 Å². The van der Waals surface area contributed by atoms with Crippen LogP contribution in [0.1, 0.15) is 42.4 Å². The summed E-state index contributed by atoms with van der Waals surface area (Å²) in [4.78, 5) is 2.63. The first-order chi connectivity index (χ1) is 11.2. The molecule has 1 N–H and O–H groups in total. The second-order valence-corrected chi connectivity index (χ2v) is 7.30. The largest absolute Gasteiger partial charge is 0.385 e. The van der Waals surface area contributed by atoms with E-state index in [2.05, 4.69) is 66.4 Å². The number of piperidine rings is 1. The molecule has 2 atom stereocenters. The molecule has 2 heterocycles. The number of hydrogen-bond donors (Lipinski definition) is 1. The molecule has 2 aromatic rings. The quantitative estimate of drug-likeness (QED) is 0.926. The monoisotopic (exact) mass is 307 g/mol. The number of aryl methyl sites for hydroxylation is 1. The Kier molecular flexibility index (Phi) is 3.74. The van der Waals surface area contributed by atoms with Crippen molar-refractivity contribution >= 4 is 0 Å². The number of rotatable bonds is 3. The van der Waals surface area contributed by atoms with Gasteiger partial charge in [-0.2, -0.15) is 0 Å². The summed E-state index contributed by atoms with van der Waals surface area (Å²) in [6.07, 6.45) is 4.15. The molecule has 4 rings (SSSR count). The fourth-order valence-electron chi connectivity index (χ4n) is 4.68. The van der Waals surface area contributed by atoms with E-state index in [0.29, 0.717) is 12.1 Å². The van der Waals surface area contributed by atoms with Crippen LogP contribution in [0.5, 0.6) is 0 Å². The lowest BCUT2D eigenvalue weighted by Gasteiger charge is -2.44. The molecule has 120 valence electrons. The predicted molar refractivity (Wildman–Crippen MR) is 93.1 cm³/mol. The zero-order valence-electron chi connectivity index (χ0n) is 13.8. The van der Waals surface area contributed by atoms with Gasteiger partial charge in [0.2, 0.25) is 0 Å². The smallest absolute Gasteiger partial charge is 0.0928 e. The van der Waals surface area contributed by atoms with Crippen molar-refractivity contribution in [3.05, 3.63) is 71.3 Å². The van der Waals surface area contributed by atoms with Crippen molar-refractivity contribution in [1.82, 2.24) is 4.90 Å². The van der Waals surface area contributed by atoms with Gasteiger partial charge in [0.05, 0.1) is 5.60 Å². The minimum absolute atomic E-state index is 0.499. The molecule has 0 aliphatic carbocycles. The fourth-order valence-corrected chi connectivity index (χ4v) is 4.68. The molecule has 23 heavy (non-hydrogen) atoms. The zero-order chi connectivity index (χ0) is 15.9. The summed E-state index contributed by atoms with van der Waals surface area (Å²) in [6.45, 7) is 3.13. The van der Waals surface area contributed by atoms with E-state index < -0.39 is 5.60 Å². The molecular weight excluding hydrogens is 282 g/mol. The average molecular weight is 307 g/mol. The van der Waals surface area contributed by atoms with Gasteiger partial charge in [-0.15, -0.1) is 0 Å². The van der Waals surface area contributed by atoms with Crippen LogP contribution in [0.2, 0.25) is 0 Å². The molecule has 2 saturated heterocycles. The van der Waals surface area contributed by atoms with Crippen LogP contribution in [0, 0.1) is 6.92 Å². The SMILES string of the molecule is Cc1ccccc1C1(O)CC2CCC(C1)N2Cc1ccccc1. The molecule has 0 radical (unpaired) electrons. The van der Waals surface area contributed by atoms with Gasteiger partial charge in [0.15, 0.2) is 0 Å². The van der Waals surface area contributed by atoms with Crippen LogP contribution in [0.4, 0.5) is 0 Å². The maximum absolute atomic E-state index is 11.4. The second-order valence-electron chi connectivity index (χ2n) is 7.30. The summed E-state index contributed by atoms with van der Waals surface area (Å²) in [5.74, 6) is 0. The number of hydrogen-bond acceptors (Lipinski definition) is 2. The van der Waals surface area contributed by atoms with E-state index in [9.17, 15) is 5.11 Å². The van der Waals surface area contributed by atoms with Crippen molar-refractivity contribution in [1.29, 1.82) is 0 Å². The van der Waals surface area contributed by atoms with Gasteiger partial charge in [0, 0.05) is 18.6 Å². The molecule has 0 spiro atoms. The van der Waals surface area contributed by atoms with E-state index >= 15 is 0 Å². The average Bonchev–Trinajstić information content (AvgIpc) is 2.80. The van der Waals surface area contributed by atoms with Gasteiger partial charge < -0.3 is 5.11 Å². The van der Waals surface area contributed by atoms with Gasteiger partial charge in [-0.3, -0.25) is 4.90 Å². The molecule has 2 aromatic carbocycles. The Morgan fingerprint density at radius 3 is 2.22 bits per heavy atom. The fraction of sp³-hybridized carbons (Fsp3) is 0.429. The molecule has 0 aromatic heterocycles. The summed E-state index contributed by atoms with van der Waals surface area (Å²) >= 11 is 0. The minimum atomic E-state index is -0.648. The molecule has 2 unspecified atom stereocenters. The Bertz CT molecular complexity index is 667. The molecule has 2 bridgehead atoms. The van der Waals surface area contributed by atoms with Gasteiger partial charge >= 0.3 is 0 Å². The third kappa shape index (κ3) is 2.71. The highest BCUT2D eigenvalue weighted by molar-refractivity contribution is 5.33. The molecule has 0 saturated carbocycles. The minimum Gasteiger partial charge on any atom is -0.385 e. The third-order valence-corrected chi connectivity index (χ3v) is 5.77. The van der Waals surface area contributed by atoms with E-state index in [-0.39, 0.29) is 0 Å². The summed E-state index contributed by atoms with van der Waals surface area (Å²) in [5.41, 5.74) is 3.08. The maximum Gasteiger partial charge on any atom is 0.0928 e. The van der Waals surface area contributed by atoms with E-state index in [1.807, 2.05) is 0 Å². The molecule has 2 heteroatoms. The van der Waals surface area contributed by atoms with Gasteiger partial charge in [0.1, 0.15) is 0 Å². The lowest BCUT2D eigenvalue weighted by Crippen LogP contribution is -2.49. The Hall–Kier alpha value is -1.64. The highest BCUT2D eigenvalue weighted by atomic mass is 16.3. The second kappa shape index (κ2) is 5.77. The molecule has 2 aliphatic rings. The Labute approximate surface area is 138 Å². The van der Waals surface area contributed by atoms with Crippen molar-refractivity contribution in [2.24, 2.45) is 0 Å². The first kappa shape index (κ1) is 14.9. The van der Waals surface area contributed by atoms with Gasteiger partial charge in [-0.25, -0.2) is 0 Å². The van der Waals surface area contributed by atoms with E-state index in [4.69, 9.17) is 0 Å². The summed E-state index contributed by atoms with van der Waals surface area (Å²) < 4.78 is 0. The van der Waals surface area contributed by atoms with Crippen molar-refractivity contribution in [2.45, 2.75) is 56.8 Å². The Morgan fingerprint density at radius 1 is 0.957 bits per heavy atom. The normalized spacial score (nSPS) is 30.5. The lowest BCUT2D eigenvalue weighted by atomic mass is 9.78. The van der Waals surface area contributed by atoms with Gasteiger partial charge in [-0.1, -0.05) is 54.6 Å². The predicted octanol–water partition coefficient (Wildman–Crippen LogP) is 4.01. The molecule has 2 aliphatic heterocycles. The highest BCUT2D eigenvalue weighted by Crippen LogP contribution is 2.46. The van der Waals surface area contributed by atoms with Crippen LogP contribution < -0.4 is 0 Å². The van der Waals surface area contributed by atoms with Gasteiger partial charge in [-0.05, 0) is 49.3 Å². The standard InChI is InChI=1S/C21H25NO/c1-16-7-5-6-10-20(16)21(23)13-18-11-12-19(14-21)22(18)15-17-8-3-2-4-9-17/h2-10,18-19,23H,11-15H2,1H3.